The number of hydrogen-bond acceptors (Lipinski definition) is 5. The van der Waals surface area contributed by atoms with Crippen LogP contribution in [0.1, 0.15) is 43.7 Å². The maximum atomic E-state index is 10.4. The van der Waals surface area contributed by atoms with Crippen LogP contribution in [0.4, 0.5) is 0 Å². The first-order valence-electron chi connectivity index (χ1n) is 9.92. The highest BCUT2D eigenvalue weighted by Gasteiger charge is 2.22. The average Bonchev–Trinajstić information content (AvgIpc) is 2.74. The molecule has 1 aliphatic carbocycles. The lowest BCUT2D eigenvalue weighted by molar-refractivity contribution is 0.324. The summed E-state index contributed by atoms with van der Waals surface area (Å²) < 4.78 is 21.9. The Morgan fingerprint density at radius 1 is 0.793 bits per heavy atom. The number of methoxy groups -OCH3 is 4. The van der Waals surface area contributed by atoms with E-state index < -0.39 is 0 Å². The van der Waals surface area contributed by atoms with Crippen molar-refractivity contribution in [3.05, 3.63) is 47.0 Å². The van der Waals surface area contributed by atoms with E-state index in [1.807, 2.05) is 18.2 Å². The fourth-order valence-corrected chi connectivity index (χ4v) is 4.01. The first-order valence-corrected chi connectivity index (χ1v) is 9.92. The van der Waals surface area contributed by atoms with E-state index in [2.05, 4.69) is 6.92 Å². The predicted molar refractivity (Wildman–Crippen MR) is 114 cm³/mol. The summed E-state index contributed by atoms with van der Waals surface area (Å²) >= 11 is 0. The highest BCUT2D eigenvalue weighted by Crippen LogP contribution is 2.44. The highest BCUT2D eigenvalue weighted by atomic mass is 16.5. The van der Waals surface area contributed by atoms with Crippen molar-refractivity contribution in [3.8, 4) is 28.7 Å². The number of benzene rings is 2. The van der Waals surface area contributed by atoms with Crippen LogP contribution in [-0.2, 0) is 0 Å². The fraction of sp³-hybridized carbons (Fsp3) is 0.417. The predicted octanol–water partition coefficient (Wildman–Crippen LogP) is 5.44. The smallest absolute Gasteiger partial charge is 0.203 e. The topological polar surface area (TPSA) is 57.2 Å². The van der Waals surface area contributed by atoms with E-state index in [1.54, 1.807) is 40.6 Å². The molecule has 0 heterocycles. The molecule has 1 N–H and O–H groups in total. The molecule has 0 amide bonds. The Balaban J connectivity index is 2.22. The molecule has 0 unspecified atom stereocenters. The molecule has 1 fully saturated rings. The van der Waals surface area contributed by atoms with Crippen LogP contribution in [0.25, 0.3) is 5.57 Å². The van der Waals surface area contributed by atoms with Gasteiger partial charge in [-0.3, -0.25) is 0 Å². The van der Waals surface area contributed by atoms with E-state index in [1.165, 1.54) is 5.57 Å². The van der Waals surface area contributed by atoms with Crippen molar-refractivity contribution in [2.75, 3.05) is 28.4 Å². The molecule has 3 rings (SSSR count). The van der Waals surface area contributed by atoms with Crippen molar-refractivity contribution in [1.82, 2.24) is 0 Å². The van der Waals surface area contributed by atoms with Crippen molar-refractivity contribution >= 4 is 5.57 Å². The van der Waals surface area contributed by atoms with Crippen molar-refractivity contribution in [3.63, 3.8) is 0 Å². The minimum absolute atomic E-state index is 0.125. The van der Waals surface area contributed by atoms with Gasteiger partial charge in [0.15, 0.2) is 23.0 Å². The maximum absolute atomic E-state index is 10.4. The molecule has 5 heteroatoms. The summed E-state index contributed by atoms with van der Waals surface area (Å²) in [6, 6.07) is 9.51. The summed E-state index contributed by atoms with van der Waals surface area (Å²) in [5.41, 5.74) is 4.41. The zero-order valence-corrected chi connectivity index (χ0v) is 17.9. The summed E-state index contributed by atoms with van der Waals surface area (Å²) in [7, 11) is 6.39. The van der Waals surface area contributed by atoms with Gasteiger partial charge in [0.25, 0.3) is 0 Å². The van der Waals surface area contributed by atoms with Gasteiger partial charge in [-0.1, -0.05) is 18.6 Å². The van der Waals surface area contributed by atoms with E-state index in [9.17, 15) is 5.11 Å². The van der Waals surface area contributed by atoms with Gasteiger partial charge in [-0.2, -0.15) is 0 Å². The standard InChI is InChI=1S/C24H30O5/c1-15-6-8-16(9-7-15)23(17-10-11-20(26-2)19(25)12-17)18-13-21(27-3)24(29-5)22(14-18)28-4/h10-15,25H,6-9H2,1-5H3. The maximum Gasteiger partial charge on any atom is 0.203 e. The summed E-state index contributed by atoms with van der Waals surface area (Å²) in [4.78, 5) is 0. The highest BCUT2D eigenvalue weighted by molar-refractivity contribution is 5.85. The van der Waals surface area contributed by atoms with Gasteiger partial charge in [0.1, 0.15) is 0 Å². The van der Waals surface area contributed by atoms with Crippen molar-refractivity contribution in [1.29, 1.82) is 0 Å². The molecular weight excluding hydrogens is 368 g/mol. The lowest BCUT2D eigenvalue weighted by atomic mass is 9.81. The molecule has 0 atom stereocenters. The Morgan fingerprint density at radius 3 is 1.86 bits per heavy atom. The molecule has 0 spiro atoms. The third-order valence-corrected chi connectivity index (χ3v) is 5.65. The van der Waals surface area contributed by atoms with E-state index in [0.717, 1.165) is 48.3 Å². The van der Waals surface area contributed by atoms with Crippen LogP contribution in [0, 0.1) is 5.92 Å². The van der Waals surface area contributed by atoms with Crippen LogP contribution >= 0.6 is 0 Å². The Morgan fingerprint density at radius 2 is 1.38 bits per heavy atom. The Bertz CT molecular complexity index is 865. The number of rotatable bonds is 6. The largest absolute Gasteiger partial charge is 0.504 e. The van der Waals surface area contributed by atoms with Crippen molar-refractivity contribution < 1.29 is 24.1 Å². The van der Waals surface area contributed by atoms with E-state index in [0.29, 0.717) is 23.0 Å². The number of allylic oxidation sites excluding steroid dienone is 1. The molecular formula is C24H30O5. The number of ether oxygens (including phenoxy) is 4. The lowest BCUT2D eigenvalue weighted by Gasteiger charge is -2.25. The monoisotopic (exact) mass is 398 g/mol. The van der Waals surface area contributed by atoms with Crippen LogP contribution < -0.4 is 18.9 Å². The molecule has 0 aliphatic heterocycles. The minimum atomic E-state index is 0.125. The van der Waals surface area contributed by atoms with Crippen LogP contribution in [0.3, 0.4) is 0 Å². The van der Waals surface area contributed by atoms with Gasteiger partial charge in [-0.15, -0.1) is 0 Å². The van der Waals surface area contributed by atoms with E-state index in [-0.39, 0.29) is 5.75 Å². The third-order valence-electron chi connectivity index (χ3n) is 5.65. The molecule has 29 heavy (non-hydrogen) atoms. The molecule has 0 radical (unpaired) electrons. The Hall–Kier alpha value is -2.82. The van der Waals surface area contributed by atoms with Gasteiger partial charge < -0.3 is 24.1 Å². The molecule has 5 nitrogen and oxygen atoms in total. The number of hydrogen-bond donors (Lipinski definition) is 1. The van der Waals surface area contributed by atoms with Gasteiger partial charge in [0.05, 0.1) is 28.4 Å². The van der Waals surface area contributed by atoms with Crippen LogP contribution in [-0.4, -0.2) is 33.5 Å². The second-order valence-electron chi connectivity index (χ2n) is 7.46. The van der Waals surface area contributed by atoms with Gasteiger partial charge in [0.2, 0.25) is 5.75 Å². The summed E-state index contributed by atoms with van der Waals surface area (Å²) in [6.45, 7) is 2.30. The first kappa shape index (κ1) is 20.9. The lowest BCUT2D eigenvalue weighted by Crippen LogP contribution is -2.07. The molecule has 0 aromatic heterocycles. The number of phenols is 1. The first-order chi connectivity index (χ1) is 14.0. The minimum Gasteiger partial charge on any atom is -0.504 e. The number of phenolic OH excluding ortho intramolecular Hbond substituents is 1. The second kappa shape index (κ2) is 9.12. The SMILES string of the molecule is COc1ccc(C(=C2CCC(C)CC2)c2cc(OC)c(OC)c(OC)c2)cc1O. The summed E-state index contributed by atoms with van der Waals surface area (Å²) in [5.74, 6) is 3.10. The van der Waals surface area contributed by atoms with Gasteiger partial charge in [0, 0.05) is 0 Å². The fourth-order valence-electron chi connectivity index (χ4n) is 4.01. The molecule has 156 valence electrons. The van der Waals surface area contributed by atoms with Gasteiger partial charge in [-0.25, -0.2) is 0 Å². The molecule has 1 saturated carbocycles. The Labute approximate surface area is 172 Å². The molecule has 0 saturated heterocycles. The second-order valence-corrected chi connectivity index (χ2v) is 7.46. The molecule has 2 aromatic rings. The van der Waals surface area contributed by atoms with Crippen LogP contribution in [0.2, 0.25) is 0 Å². The van der Waals surface area contributed by atoms with Crippen LogP contribution in [0.15, 0.2) is 35.9 Å². The zero-order valence-electron chi connectivity index (χ0n) is 17.9. The van der Waals surface area contributed by atoms with Gasteiger partial charge in [-0.05, 0) is 72.6 Å². The van der Waals surface area contributed by atoms with Crippen molar-refractivity contribution in [2.24, 2.45) is 5.92 Å². The molecule has 1 aliphatic rings. The van der Waals surface area contributed by atoms with Crippen LogP contribution in [0.5, 0.6) is 28.7 Å². The summed E-state index contributed by atoms with van der Waals surface area (Å²) in [5, 5.41) is 10.4. The molecule has 2 aromatic carbocycles. The van der Waals surface area contributed by atoms with Crippen molar-refractivity contribution in [2.45, 2.75) is 32.6 Å². The zero-order chi connectivity index (χ0) is 21.0. The average molecular weight is 398 g/mol. The van der Waals surface area contributed by atoms with E-state index in [4.69, 9.17) is 18.9 Å². The normalized spacial score (nSPS) is 16.3. The third kappa shape index (κ3) is 4.29. The van der Waals surface area contributed by atoms with Gasteiger partial charge >= 0.3 is 0 Å². The summed E-state index contributed by atoms with van der Waals surface area (Å²) in [6.07, 6.45) is 4.37. The number of aromatic hydroxyl groups is 1. The quantitative estimate of drug-likeness (QED) is 0.702. The Kier molecular flexibility index (Phi) is 6.57. The van der Waals surface area contributed by atoms with E-state index >= 15 is 0 Å². The molecule has 0 bridgehead atoms.